The lowest BCUT2D eigenvalue weighted by Gasteiger charge is -2.10. The maximum atomic E-state index is 5.70. The van der Waals surface area contributed by atoms with E-state index >= 15 is 0 Å². The van der Waals surface area contributed by atoms with Crippen molar-refractivity contribution in [2.45, 2.75) is 13.3 Å². The molecule has 4 N–H and O–H groups in total. The largest absolute Gasteiger partial charge is 0.496 e. The predicted molar refractivity (Wildman–Crippen MR) is 85.8 cm³/mol. The first-order valence-corrected chi connectivity index (χ1v) is 6.97. The Morgan fingerprint density at radius 2 is 1.86 bits per heavy atom. The predicted octanol–water partition coefficient (Wildman–Crippen LogP) is 2.15. The third-order valence-corrected chi connectivity index (χ3v) is 2.99. The molecule has 1 aromatic carbocycles. The molecule has 0 unspecified atom stereocenters. The Hall–Kier alpha value is -2.50. The van der Waals surface area contributed by atoms with E-state index in [0.717, 1.165) is 36.6 Å². The number of nitrogens with two attached hydrogens (primary N) is 1. The second kappa shape index (κ2) is 7.33. The molecular weight excluding hydrogens is 266 g/mol. The summed E-state index contributed by atoms with van der Waals surface area (Å²) in [5.41, 5.74) is 6.85. The average Bonchev–Trinajstić information content (AvgIpc) is 2.47. The summed E-state index contributed by atoms with van der Waals surface area (Å²) in [6, 6.07) is 9.83. The van der Waals surface area contributed by atoms with Gasteiger partial charge in [0.2, 0.25) is 5.95 Å². The van der Waals surface area contributed by atoms with Crippen molar-refractivity contribution in [1.29, 1.82) is 0 Å². The van der Waals surface area contributed by atoms with Gasteiger partial charge in [-0.2, -0.15) is 9.97 Å². The molecule has 0 aliphatic carbocycles. The fraction of sp³-hybridized carbons (Fsp3) is 0.333. The standard InChI is InChI=1S/C15H21N5O/c1-3-17-13-10-14(20-15(16)19-13)18-9-8-11-6-4-5-7-12(11)21-2/h4-7,10H,3,8-9H2,1-2H3,(H4,16,17,18,19,20). The number of hydrogen-bond donors (Lipinski definition) is 3. The van der Waals surface area contributed by atoms with Gasteiger partial charge >= 0.3 is 0 Å². The first-order valence-electron chi connectivity index (χ1n) is 6.97. The molecule has 0 spiro atoms. The average molecular weight is 287 g/mol. The molecule has 2 aromatic rings. The zero-order valence-corrected chi connectivity index (χ0v) is 12.4. The van der Waals surface area contributed by atoms with Crippen molar-refractivity contribution in [2.24, 2.45) is 0 Å². The first kappa shape index (κ1) is 14.9. The Balaban J connectivity index is 1.97. The quantitative estimate of drug-likeness (QED) is 0.723. The summed E-state index contributed by atoms with van der Waals surface area (Å²) in [6.07, 6.45) is 0.838. The van der Waals surface area contributed by atoms with E-state index in [1.165, 1.54) is 0 Å². The Kier molecular flexibility index (Phi) is 5.20. The molecule has 0 aliphatic rings. The Bertz CT molecular complexity index is 588. The fourth-order valence-electron chi connectivity index (χ4n) is 2.06. The van der Waals surface area contributed by atoms with Crippen molar-refractivity contribution in [2.75, 3.05) is 36.6 Å². The molecule has 0 amide bonds. The third-order valence-electron chi connectivity index (χ3n) is 2.99. The minimum Gasteiger partial charge on any atom is -0.496 e. The lowest BCUT2D eigenvalue weighted by atomic mass is 10.1. The number of methoxy groups -OCH3 is 1. The number of nitrogen functional groups attached to an aromatic ring is 1. The highest BCUT2D eigenvalue weighted by Crippen LogP contribution is 2.18. The number of anilines is 3. The molecule has 112 valence electrons. The smallest absolute Gasteiger partial charge is 0.223 e. The first-order chi connectivity index (χ1) is 10.2. The van der Waals surface area contributed by atoms with Crippen molar-refractivity contribution >= 4 is 17.6 Å². The summed E-state index contributed by atoms with van der Waals surface area (Å²) in [5.74, 6) is 2.60. The molecule has 0 fully saturated rings. The van der Waals surface area contributed by atoms with Gasteiger partial charge < -0.3 is 21.1 Å². The zero-order valence-electron chi connectivity index (χ0n) is 12.4. The van der Waals surface area contributed by atoms with Crippen LogP contribution in [0.5, 0.6) is 5.75 Å². The second-order valence-corrected chi connectivity index (χ2v) is 4.52. The number of ether oxygens (including phenoxy) is 1. The van der Waals surface area contributed by atoms with Gasteiger partial charge in [-0.25, -0.2) is 0 Å². The SMILES string of the molecule is CCNc1cc(NCCc2ccccc2OC)nc(N)n1. The summed E-state index contributed by atoms with van der Waals surface area (Å²) in [5, 5.41) is 6.38. The molecule has 0 bridgehead atoms. The van der Waals surface area contributed by atoms with Crippen LogP contribution in [0, 0.1) is 0 Å². The summed E-state index contributed by atoms with van der Waals surface area (Å²) < 4.78 is 5.33. The number of hydrogen-bond acceptors (Lipinski definition) is 6. The van der Waals surface area contributed by atoms with E-state index in [9.17, 15) is 0 Å². The lowest BCUT2D eigenvalue weighted by molar-refractivity contribution is 0.410. The Morgan fingerprint density at radius 3 is 2.57 bits per heavy atom. The van der Waals surface area contributed by atoms with Crippen molar-refractivity contribution in [3.05, 3.63) is 35.9 Å². The van der Waals surface area contributed by atoms with E-state index in [1.807, 2.05) is 31.2 Å². The van der Waals surface area contributed by atoms with Gasteiger partial charge in [-0.15, -0.1) is 0 Å². The second-order valence-electron chi connectivity index (χ2n) is 4.52. The van der Waals surface area contributed by atoms with Gasteiger partial charge in [0.15, 0.2) is 0 Å². The van der Waals surface area contributed by atoms with E-state index < -0.39 is 0 Å². The zero-order chi connectivity index (χ0) is 15.1. The van der Waals surface area contributed by atoms with E-state index in [4.69, 9.17) is 10.5 Å². The summed E-state index contributed by atoms with van der Waals surface area (Å²) in [4.78, 5) is 8.29. The number of benzene rings is 1. The fourth-order valence-corrected chi connectivity index (χ4v) is 2.06. The van der Waals surface area contributed by atoms with Crippen molar-refractivity contribution in [3.8, 4) is 5.75 Å². The van der Waals surface area contributed by atoms with Gasteiger partial charge in [-0.05, 0) is 25.0 Å². The van der Waals surface area contributed by atoms with E-state index in [0.29, 0.717) is 5.82 Å². The third kappa shape index (κ3) is 4.24. The minimum atomic E-state index is 0.258. The van der Waals surface area contributed by atoms with Gasteiger partial charge in [-0.1, -0.05) is 18.2 Å². The maximum absolute atomic E-state index is 5.70. The van der Waals surface area contributed by atoms with Gasteiger partial charge in [-0.3, -0.25) is 0 Å². The van der Waals surface area contributed by atoms with Crippen LogP contribution >= 0.6 is 0 Å². The van der Waals surface area contributed by atoms with E-state index in [1.54, 1.807) is 7.11 Å². The van der Waals surface area contributed by atoms with E-state index in [-0.39, 0.29) is 5.95 Å². The molecule has 1 aromatic heterocycles. The van der Waals surface area contributed by atoms with Gasteiger partial charge in [0.05, 0.1) is 7.11 Å². The van der Waals surface area contributed by atoms with Gasteiger partial charge in [0.1, 0.15) is 17.4 Å². The molecule has 0 saturated carbocycles. The van der Waals surface area contributed by atoms with Crippen LogP contribution in [0.1, 0.15) is 12.5 Å². The normalized spacial score (nSPS) is 10.2. The van der Waals surface area contributed by atoms with E-state index in [2.05, 4.69) is 26.7 Å². The van der Waals surface area contributed by atoms with Crippen LogP contribution in [0.25, 0.3) is 0 Å². The van der Waals surface area contributed by atoms with Gasteiger partial charge in [0.25, 0.3) is 0 Å². The van der Waals surface area contributed by atoms with Crippen LogP contribution in [0.4, 0.5) is 17.6 Å². The van der Waals surface area contributed by atoms with Crippen LogP contribution in [0.15, 0.2) is 30.3 Å². The number of nitrogens with zero attached hydrogens (tertiary/aromatic N) is 2. The van der Waals surface area contributed by atoms with Crippen molar-refractivity contribution < 1.29 is 4.74 Å². The molecule has 6 nitrogen and oxygen atoms in total. The summed E-state index contributed by atoms with van der Waals surface area (Å²) in [7, 11) is 1.68. The Labute approximate surface area is 124 Å². The number of rotatable bonds is 7. The molecule has 6 heteroatoms. The molecule has 0 atom stereocenters. The lowest BCUT2D eigenvalue weighted by Crippen LogP contribution is -2.10. The highest BCUT2D eigenvalue weighted by atomic mass is 16.5. The van der Waals surface area contributed by atoms with Crippen LogP contribution in [-0.4, -0.2) is 30.2 Å². The molecule has 0 radical (unpaired) electrons. The van der Waals surface area contributed by atoms with Crippen LogP contribution in [0.3, 0.4) is 0 Å². The highest BCUT2D eigenvalue weighted by molar-refractivity contribution is 5.51. The molecule has 1 heterocycles. The highest BCUT2D eigenvalue weighted by Gasteiger charge is 2.04. The van der Waals surface area contributed by atoms with Crippen LogP contribution < -0.4 is 21.1 Å². The van der Waals surface area contributed by atoms with Crippen LogP contribution in [0.2, 0.25) is 0 Å². The molecule has 0 saturated heterocycles. The van der Waals surface area contributed by atoms with Crippen LogP contribution in [-0.2, 0) is 6.42 Å². The number of nitrogens with one attached hydrogen (secondary N) is 2. The maximum Gasteiger partial charge on any atom is 0.223 e. The van der Waals surface area contributed by atoms with Gasteiger partial charge in [0, 0.05) is 19.2 Å². The number of para-hydroxylation sites is 1. The molecular formula is C15H21N5O. The number of aromatic nitrogens is 2. The van der Waals surface area contributed by atoms with Crippen molar-refractivity contribution in [3.63, 3.8) is 0 Å². The van der Waals surface area contributed by atoms with Crippen molar-refractivity contribution in [1.82, 2.24) is 9.97 Å². The summed E-state index contributed by atoms with van der Waals surface area (Å²) >= 11 is 0. The Morgan fingerprint density at radius 1 is 1.14 bits per heavy atom. The summed E-state index contributed by atoms with van der Waals surface area (Å²) in [6.45, 7) is 3.53. The molecule has 2 rings (SSSR count). The molecule has 0 aliphatic heterocycles. The molecule has 21 heavy (non-hydrogen) atoms. The monoisotopic (exact) mass is 287 g/mol. The topological polar surface area (TPSA) is 85.1 Å². The minimum absolute atomic E-state index is 0.258.